The van der Waals surface area contributed by atoms with E-state index in [1.807, 2.05) is 0 Å². The maximum absolute atomic E-state index is 12.8. The van der Waals surface area contributed by atoms with Crippen molar-refractivity contribution in [2.45, 2.75) is 24.8 Å². The van der Waals surface area contributed by atoms with E-state index in [0.29, 0.717) is 22.9 Å². The van der Waals surface area contributed by atoms with E-state index in [1.165, 1.54) is 15.6 Å². The highest BCUT2D eigenvalue weighted by Gasteiger charge is 2.39. The number of aryl methyl sites for hydroxylation is 1. The Kier molecular flexibility index (Phi) is 5.75. The van der Waals surface area contributed by atoms with Gasteiger partial charge in [-0.25, -0.2) is 8.42 Å². The predicted molar refractivity (Wildman–Crippen MR) is 88.4 cm³/mol. The Morgan fingerprint density at radius 3 is 2.86 bits per heavy atom. The molecule has 9 heteroatoms. The Balaban J connectivity index is 2.36. The van der Waals surface area contributed by atoms with Gasteiger partial charge >= 0.3 is 5.97 Å². The predicted octanol–water partition coefficient (Wildman–Crippen LogP) is 2.49. The Morgan fingerprint density at radius 1 is 1.57 bits per heavy atom. The minimum Gasteiger partial charge on any atom is -0.465 e. The highest BCUT2D eigenvalue weighted by Crippen LogP contribution is 2.33. The highest BCUT2D eigenvalue weighted by atomic mass is 79.9. The molecular formula is C12H16BrNO4S3. The number of nitrogens with zero attached hydrogens (tertiary/aromatic N) is 1. The van der Waals surface area contributed by atoms with E-state index in [0.717, 1.165) is 3.79 Å². The van der Waals surface area contributed by atoms with Crippen molar-refractivity contribution < 1.29 is 17.9 Å². The Labute approximate surface area is 141 Å². The fraction of sp³-hybridized carbons (Fsp3) is 0.583. The van der Waals surface area contributed by atoms with Gasteiger partial charge in [0.2, 0.25) is 10.0 Å². The molecular weight excluding hydrogens is 398 g/mol. The van der Waals surface area contributed by atoms with Crippen molar-refractivity contribution in [3.05, 3.63) is 14.7 Å². The van der Waals surface area contributed by atoms with Crippen LogP contribution in [0.2, 0.25) is 0 Å². The van der Waals surface area contributed by atoms with E-state index in [4.69, 9.17) is 4.74 Å². The van der Waals surface area contributed by atoms with Crippen LogP contribution in [0.1, 0.15) is 11.8 Å². The molecule has 0 bridgehead atoms. The van der Waals surface area contributed by atoms with Crippen LogP contribution in [-0.4, -0.2) is 49.4 Å². The largest absolute Gasteiger partial charge is 0.465 e. The number of thiophene rings is 1. The molecule has 1 fully saturated rings. The summed E-state index contributed by atoms with van der Waals surface area (Å²) in [6.45, 7) is 4.05. The Morgan fingerprint density at radius 2 is 2.29 bits per heavy atom. The van der Waals surface area contributed by atoms with Crippen molar-refractivity contribution in [3.8, 4) is 0 Å². The van der Waals surface area contributed by atoms with Crippen molar-refractivity contribution in [2.24, 2.45) is 0 Å². The van der Waals surface area contributed by atoms with Crippen LogP contribution in [0.5, 0.6) is 0 Å². The molecule has 0 amide bonds. The molecule has 0 aliphatic carbocycles. The van der Waals surface area contributed by atoms with Crippen molar-refractivity contribution >= 4 is 55.0 Å². The molecule has 2 heterocycles. The van der Waals surface area contributed by atoms with Gasteiger partial charge < -0.3 is 4.74 Å². The third kappa shape index (κ3) is 3.64. The van der Waals surface area contributed by atoms with Crippen molar-refractivity contribution in [2.75, 3.05) is 24.7 Å². The lowest BCUT2D eigenvalue weighted by molar-refractivity contribution is -0.146. The van der Waals surface area contributed by atoms with Gasteiger partial charge in [-0.15, -0.1) is 11.3 Å². The maximum atomic E-state index is 12.8. The molecule has 118 valence electrons. The van der Waals surface area contributed by atoms with E-state index >= 15 is 0 Å². The van der Waals surface area contributed by atoms with Gasteiger partial charge in [-0.05, 0) is 35.8 Å². The van der Waals surface area contributed by atoms with Crippen LogP contribution in [0.15, 0.2) is 14.7 Å². The van der Waals surface area contributed by atoms with Gasteiger partial charge in [-0.3, -0.25) is 4.79 Å². The van der Waals surface area contributed by atoms with Crippen LogP contribution in [0.4, 0.5) is 0 Å². The molecule has 1 aliphatic heterocycles. The summed E-state index contributed by atoms with van der Waals surface area (Å²) in [7, 11) is -3.68. The summed E-state index contributed by atoms with van der Waals surface area (Å²) in [5, 5.41) is 0. The first-order chi connectivity index (χ1) is 9.87. The number of sulfonamides is 1. The van der Waals surface area contributed by atoms with E-state index in [1.54, 1.807) is 31.7 Å². The molecule has 0 saturated carbocycles. The lowest BCUT2D eigenvalue weighted by atomic mass is 10.3. The summed E-state index contributed by atoms with van der Waals surface area (Å²) in [5.74, 6) is 0.641. The molecule has 1 atom stereocenters. The second-order valence-electron chi connectivity index (χ2n) is 4.43. The van der Waals surface area contributed by atoms with Gasteiger partial charge in [0.15, 0.2) is 0 Å². The molecule has 1 aliphatic rings. The summed E-state index contributed by atoms with van der Waals surface area (Å²) in [4.78, 5) is 13.0. The summed E-state index contributed by atoms with van der Waals surface area (Å²) in [6.07, 6.45) is 0. The number of halogens is 1. The topological polar surface area (TPSA) is 63.7 Å². The normalized spacial score (nSPS) is 20.4. The zero-order chi connectivity index (χ0) is 15.6. The number of rotatable bonds is 4. The highest BCUT2D eigenvalue weighted by molar-refractivity contribution is 9.11. The van der Waals surface area contributed by atoms with Gasteiger partial charge in [-0.1, -0.05) is 0 Å². The van der Waals surface area contributed by atoms with Crippen LogP contribution in [0.3, 0.4) is 0 Å². The number of carbonyl (C=O) groups excluding carboxylic acids is 1. The number of hydrogen-bond acceptors (Lipinski definition) is 6. The molecule has 21 heavy (non-hydrogen) atoms. The minimum absolute atomic E-state index is 0.247. The second kappa shape index (κ2) is 6.99. The van der Waals surface area contributed by atoms with Gasteiger partial charge in [-0.2, -0.15) is 16.1 Å². The molecule has 1 aromatic heterocycles. The smallest absolute Gasteiger partial charge is 0.325 e. The number of carbonyl (C=O) groups is 1. The zero-order valence-electron chi connectivity index (χ0n) is 11.7. The van der Waals surface area contributed by atoms with E-state index < -0.39 is 22.0 Å². The lowest BCUT2D eigenvalue weighted by Gasteiger charge is -2.32. The van der Waals surface area contributed by atoms with E-state index in [9.17, 15) is 13.2 Å². The summed E-state index contributed by atoms with van der Waals surface area (Å²) < 4.78 is 32.7. The van der Waals surface area contributed by atoms with E-state index in [2.05, 4.69) is 15.9 Å². The maximum Gasteiger partial charge on any atom is 0.325 e. The number of esters is 1. The summed E-state index contributed by atoms with van der Waals surface area (Å²) in [5.41, 5.74) is 0. The van der Waals surface area contributed by atoms with E-state index in [-0.39, 0.29) is 11.5 Å². The van der Waals surface area contributed by atoms with Crippen molar-refractivity contribution in [3.63, 3.8) is 0 Å². The monoisotopic (exact) mass is 413 g/mol. The molecule has 0 radical (unpaired) electrons. The standard InChI is InChI=1S/C12H16BrNO4S3/c1-3-18-12(15)9-7-19-5-4-14(9)21(16,17)10-6-11(13)20-8(10)2/h6,9H,3-5,7H2,1-2H3. The van der Waals surface area contributed by atoms with Crippen LogP contribution >= 0.6 is 39.0 Å². The van der Waals surface area contributed by atoms with Gasteiger partial charge in [0.05, 0.1) is 15.3 Å². The van der Waals surface area contributed by atoms with Crippen LogP contribution in [0.25, 0.3) is 0 Å². The molecule has 1 aromatic rings. The molecule has 5 nitrogen and oxygen atoms in total. The fourth-order valence-electron chi connectivity index (χ4n) is 2.11. The van der Waals surface area contributed by atoms with Crippen LogP contribution in [0, 0.1) is 6.92 Å². The third-order valence-corrected chi connectivity index (χ3v) is 7.81. The molecule has 2 rings (SSSR count). The van der Waals surface area contributed by atoms with Gasteiger partial charge in [0.1, 0.15) is 6.04 Å². The number of thioether (sulfide) groups is 1. The number of ether oxygens (including phenoxy) is 1. The molecule has 0 N–H and O–H groups in total. The first kappa shape index (κ1) is 17.3. The quantitative estimate of drug-likeness (QED) is 0.709. The molecule has 1 saturated heterocycles. The van der Waals surface area contributed by atoms with Crippen molar-refractivity contribution in [1.82, 2.24) is 4.31 Å². The van der Waals surface area contributed by atoms with Crippen molar-refractivity contribution in [1.29, 1.82) is 0 Å². The number of hydrogen-bond donors (Lipinski definition) is 0. The third-order valence-electron chi connectivity index (χ3n) is 3.07. The average Bonchev–Trinajstić information content (AvgIpc) is 2.79. The first-order valence-electron chi connectivity index (χ1n) is 6.40. The molecule has 0 spiro atoms. The second-order valence-corrected chi connectivity index (χ2v) is 10.1. The average molecular weight is 414 g/mol. The van der Waals surface area contributed by atoms with Gasteiger partial charge in [0, 0.05) is 22.9 Å². The fourth-order valence-corrected chi connectivity index (χ4v) is 7.32. The van der Waals surface area contributed by atoms with Crippen LogP contribution < -0.4 is 0 Å². The molecule has 0 aromatic carbocycles. The SMILES string of the molecule is CCOC(=O)C1CSCCN1S(=O)(=O)c1cc(Br)sc1C. The summed E-state index contributed by atoms with van der Waals surface area (Å²) in [6, 6.07) is 0.853. The van der Waals surface area contributed by atoms with Gasteiger partial charge in [0.25, 0.3) is 0 Å². The summed E-state index contributed by atoms with van der Waals surface area (Å²) >= 11 is 6.25. The Hall–Kier alpha value is -0.0900. The molecule has 1 unspecified atom stereocenters. The lowest BCUT2D eigenvalue weighted by Crippen LogP contribution is -2.50. The van der Waals surface area contributed by atoms with Crippen LogP contribution in [-0.2, 0) is 19.6 Å². The first-order valence-corrected chi connectivity index (χ1v) is 10.6. The zero-order valence-corrected chi connectivity index (χ0v) is 15.7. The Bertz CT molecular complexity index is 628. The minimum atomic E-state index is -3.68.